The summed E-state index contributed by atoms with van der Waals surface area (Å²) in [6.07, 6.45) is 3.74. The number of aromatic nitrogens is 1. The van der Waals surface area contributed by atoms with Gasteiger partial charge in [-0.05, 0) is 61.2 Å². The summed E-state index contributed by atoms with van der Waals surface area (Å²) in [4.78, 5) is 24.3. The van der Waals surface area contributed by atoms with Gasteiger partial charge in [0.2, 0.25) is 0 Å². The molecule has 1 aromatic heterocycles. The highest BCUT2D eigenvalue weighted by Gasteiger charge is 2.30. The van der Waals surface area contributed by atoms with Crippen LogP contribution in [-0.4, -0.2) is 66.0 Å². The van der Waals surface area contributed by atoms with E-state index in [0.29, 0.717) is 39.6 Å². The summed E-state index contributed by atoms with van der Waals surface area (Å²) < 4.78 is 26.5. The van der Waals surface area contributed by atoms with E-state index >= 15 is 0 Å². The van der Waals surface area contributed by atoms with Crippen molar-refractivity contribution in [2.24, 2.45) is 0 Å². The number of piperidine rings is 1. The first-order valence-electron chi connectivity index (χ1n) is 13.9. The Kier molecular flexibility index (Phi) is 9.13. The second-order valence-corrected chi connectivity index (χ2v) is 11.1. The molecule has 0 saturated carbocycles. The number of nitrogens with one attached hydrogen (secondary N) is 1. The fraction of sp³-hybridized carbons (Fsp3) is 0.387. The van der Waals surface area contributed by atoms with Crippen LogP contribution >= 0.6 is 11.6 Å². The zero-order valence-corrected chi connectivity index (χ0v) is 23.7. The molecule has 2 aliphatic heterocycles. The van der Waals surface area contributed by atoms with Gasteiger partial charge in [-0.25, -0.2) is 13.8 Å². The lowest BCUT2D eigenvalue weighted by Gasteiger charge is -2.44. The molecular formula is C31H33ClF2N6O. The summed E-state index contributed by atoms with van der Waals surface area (Å²) in [7, 11) is 0. The first-order valence-corrected chi connectivity index (χ1v) is 14.3. The van der Waals surface area contributed by atoms with E-state index < -0.39 is 11.6 Å². The molecule has 5 rings (SSSR count). The molecule has 0 bridgehead atoms. The Morgan fingerprint density at radius 2 is 1.76 bits per heavy atom. The first kappa shape index (κ1) is 28.9. The van der Waals surface area contributed by atoms with Crippen LogP contribution < -0.4 is 10.2 Å². The van der Waals surface area contributed by atoms with Gasteiger partial charge in [-0.1, -0.05) is 29.8 Å². The average molecular weight is 579 g/mol. The molecule has 1 N–H and O–H groups in total. The number of halogens is 3. The van der Waals surface area contributed by atoms with E-state index in [1.165, 1.54) is 17.8 Å². The van der Waals surface area contributed by atoms with E-state index in [4.69, 9.17) is 16.9 Å². The first-order chi connectivity index (χ1) is 19.8. The topological polar surface area (TPSA) is 75.5 Å². The number of hydrogen-bond donors (Lipinski definition) is 1. The fourth-order valence-corrected chi connectivity index (χ4v) is 5.99. The van der Waals surface area contributed by atoms with Crippen LogP contribution in [0.15, 0.2) is 54.7 Å². The van der Waals surface area contributed by atoms with E-state index in [9.17, 15) is 13.6 Å². The van der Waals surface area contributed by atoms with Gasteiger partial charge < -0.3 is 10.2 Å². The number of likely N-dealkylation sites (tertiary alicyclic amines) is 1. The van der Waals surface area contributed by atoms with Gasteiger partial charge in [-0.3, -0.25) is 14.6 Å². The minimum Gasteiger partial charge on any atom is -0.353 e. The lowest BCUT2D eigenvalue weighted by molar-refractivity contribution is 0.0839. The van der Waals surface area contributed by atoms with Crippen molar-refractivity contribution in [3.63, 3.8) is 0 Å². The lowest BCUT2D eigenvalue weighted by atomic mass is 9.98. The molecule has 10 heteroatoms. The van der Waals surface area contributed by atoms with Crippen LogP contribution in [0.4, 0.5) is 14.6 Å². The van der Waals surface area contributed by atoms with Crippen LogP contribution in [0.5, 0.6) is 0 Å². The average Bonchev–Trinajstić information content (AvgIpc) is 3.01. The molecule has 1 amide bonds. The summed E-state index contributed by atoms with van der Waals surface area (Å²) in [5.74, 6) is -1.61. The van der Waals surface area contributed by atoms with Crippen LogP contribution in [0.1, 0.15) is 52.9 Å². The Morgan fingerprint density at radius 1 is 1.05 bits per heavy atom. The molecule has 2 fully saturated rings. The highest BCUT2D eigenvalue weighted by Crippen LogP contribution is 2.29. The molecule has 2 saturated heterocycles. The largest absolute Gasteiger partial charge is 0.353 e. The van der Waals surface area contributed by atoms with Crippen molar-refractivity contribution >= 4 is 23.3 Å². The van der Waals surface area contributed by atoms with Crippen molar-refractivity contribution in [2.75, 3.05) is 44.2 Å². The van der Waals surface area contributed by atoms with Crippen molar-refractivity contribution < 1.29 is 13.6 Å². The zero-order valence-electron chi connectivity index (χ0n) is 23.0. The summed E-state index contributed by atoms with van der Waals surface area (Å²) in [6, 6.07) is 16.1. The van der Waals surface area contributed by atoms with E-state index in [2.05, 4.69) is 50.1 Å². The number of carbonyl (C=O) groups is 1. The molecule has 7 nitrogen and oxygen atoms in total. The molecule has 2 aromatic carbocycles. The zero-order chi connectivity index (χ0) is 28.9. The maximum absolute atomic E-state index is 13.4. The lowest BCUT2D eigenvalue weighted by Crippen LogP contribution is -2.53. The second kappa shape index (κ2) is 12.9. The van der Waals surface area contributed by atoms with Crippen LogP contribution in [0.3, 0.4) is 0 Å². The Bertz CT molecular complexity index is 1410. The van der Waals surface area contributed by atoms with Crippen molar-refractivity contribution in [3.8, 4) is 6.07 Å². The number of nitriles is 1. The maximum Gasteiger partial charge on any atom is 0.253 e. The van der Waals surface area contributed by atoms with Crippen LogP contribution in [0.25, 0.3) is 0 Å². The fourth-order valence-electron chi connectivity index (χ4n) is 5.71. The number of benzene rings is 2. The second-order valence-electron chi connectivity index (χ2n) is 10.7. The summed E-state index contributed by atoms with van der Waals surface area (Å²) in [5.41, 5.74) is 2.69. The molecule has 1 unspecified atom stereocenters. The van der Waals surface area contributed by atoms with Crippen molar-refractivity contribution in [1.29, 1.82) is 5.26 Å². The molecule has 0 aliphatic carbocycles. The molecule has 1 atom stereocenters. The Balaban J connectivity index is 1.09. The summed E-state index contributed by atoms with van der Waals surface area (Å²) in [6.45, 7) is 7.82. The third kappa shape index (κ3) is 6.84. The molecule has 41 heavy (non-hydrogen) atoms. The van der Waals surface area contributed by atoms with Gasteiger partial charge in [0.25, 0.3) is 5.91 Å². The number of carbonyl (C=O) groups excluding carboxylic acids is 1. The standard InChI is InChI=1S/C31H33ClF2N6O/c1-21(24-5-2-22(18-35)3-6-24)38-10-8-26(9-11-38)39-12-14-40(15-13-39)30-27(32)17-25(20-36-30)31(41)37-19-23-4-7-28(33)29(34)16-23/h2-7,16-17,20-21,26H,8-15,19H2,1H3,(H,37,41). The Labute approximate surface area is 244 Å². The van der Waals surface area contributed by atoms with E-state index in [0.717, 1.165) is 64.2 Å². The number of rotatable bonds is 7. The normalized spacial score (nSPS) is 17.7. The number of pyridine rings is 1. The van der Waals surface area contributed by atoms with Gasteiger partial charge in [0.05, 0.1) is 22.2 Å². The number of nitrogens with zero attached hydrogens (tertiary/aromatic N) is 5. The van der Waals surface area contributed by atoms with Gasteiger partial charge in [0, 0.05) is 64.1 Å². The Morgan fingerprint density at radius 3 is 2.39 bits per heavy atom. The molecule has 3 heterocycles. The van der Waals surface area contributed by atoms with E-state index in [-0.39, 0.29) is 12.5 Å². The van der Waals surface area contributed by atoms with E-state index in [1.807, 2.05) is 12.1 Å². The molecule has 214 valence electrons. The predicted octanol–water partition coefficient (Wildman–Crippen LogP) is 5.16. The SMILES string of the molecule is CC(c1ccc(C#N)cc1)N1CCC(N2CCN(c3ncc(C(=O)NCc4ccc(F)c(F)c4)cc3Cl)CC2)CC1. The van der Waals surface area contributed by atoms with Crippen LogP contribution in [0, 0.1) is 23.0 Å². The minimum atomic E-state index is -0.953. The van der Waals surface area contributed by atoms with Gasteiger partial charge in [0.1, 0.15) is 5.82 Å². The summed E-state index contributed by atoms with van der Waals surface area (Å²) >= 11 is 6.55. The van der Waals surface area contributed by atoms with E-state index in [1.54, 1.807) is 6.07 Å². The van der Waals surface area contributed by atoms with Crippen LogP contribution in [-0.2, 0) is 6.54 Å². The molecular weight excluding hydrogens is 546 g/mol. The number of hydrogen-bond acceptors (Lipinski definition) is 6. The molecule has 0 spiro atoms. The van der Waals surface area contributed by atoms with Gasteiger partial charge in [-0.2, -0.15) is 5.26 Å². The molecule has 3 aromatic rings. The number of anilines is 1. The Hall–Kier alpha value is -3.58. The molecule has 2 aliphatic rings. The van der Waals surface area contributed by atoms with Gasteiger partial charge in [-0.15, -0.1) is 0 Å². The number of piperazine rings is 1. The predicted molar refractivity (Wildman–Crippen MR) is 155 cm³/mol. The van der Waals surface area contributed by atoms with Crippen molar-refractivity contribution in [1.82, 2.24) is 20.1 Å². The highest BCUT2D eigenvalue weighted by molar-refractivity contribution is 6.33. The van der Waals surface area contributed by atoms with Gasteiger partial charge in [0.15, 0.2) is 11.6 Å². The molecule has 0 radical (unpaired) electrons. The highest BCUT2D eigenvalue weighted by atomic mass is 35.5. The van der Waals surface area contributed by atoms with Gasteiger partial charge >= 0.3 is 0 Å². The third-order valence-electron chi connectivity index (χ3n) is 8.22. The third-order valence-corrected chi connectivity index (χ3v) is 8.50. The number of amides is 1. The maximum atomic E-state index is 13.4. The van der Waals surface area contributed by atoms with Crippen molar-refractivity contribution in [3.05, 3.63) is 93.6 Å². The quantitative estimate of drug-likeness (QED) is 0.417. The van der Waals surface area contributed by atoms with Crippen LogP contribution in [0.2, 0.25) is 5.02 Å². The summed E-state index contributed by atoms with van der Waals surface area (Å²) in [5, 5.41) is 12.1. The smallest absolute Gasteiger partial charge is 0.253 e. The monoisotopic (exact) mass is 578 g/mol. The van der Waals surface area contributed by atoms with Crippen molar-refractivity contribution in [2.45, 2.75) is 38.4 Å². The minimum absolute atomic E-state index is 0.0602.